The molecule has 0 unspecified atom stereocenters. The summed E-state index contributed by atoms with van der Waals surface area (Å²) in [5.74, 6) is 1.28. The number of rotatable bonds is 3. The van der Waals surface area contributed by atoms with E-state index in [0.717, 1.165) is 55.8 Å². The van der Waals surface area contributed by atoms with Crippen LogP contribution in [0.5, 0.6) is 0 Å². The summed E-state index contributed by atoms with van der Waals surface area (Å²) in [6.45, 7) is 5.69. The fourth-order valence-corrected chi connectivity index (χ4v) is 5.51. The highest BCUT2D eigenvalue weighted by molar-refractivity contribution is 6.43. The Kier molecular flexibility index (Phi) is 5.77. The Balaban J connectivity index is 1.63. The van der Waals surface area contributed by atoms with E-state index in [-0.39, 0.29) is 18.1 Å². The van der Waals surface area contributed by atoms with E-state index in [2.05, 4.69) is 11.8 Å². The summed E-state index contributed by atoms with van der Waals surface area (Å²) < 4.78 is 0. The van der Waals surface area contributed by atoms with Crippen molar-refractivity contribution in [3.63, 3.8) is 0 Å². The predicted molar refractivity (Wildman–Crippen MR) is 116 cm³/mol. The second-order valence-corrected chi connectivity index (χ2v) is 9.32. The van der Waals surface area contributed by atoms with Crippen molar-refractivity contribution in [1.29, 1.82) is 0 Å². The maximum absolute atomic E-state index is 10.1. The van der Waals surface area contributed by atoms with Gasteiger partial charge in [0.1, 0.15) is 5.69 Å². The Morgan fingerprint density at radius 1 is 1.21 bits per heavy atom. The third-order valence-corrected chi connectivity index (χ3v) is 7.67. The molecule has 4 rings (SSSR count). The summed E-state index contributed by atoms with van der Waals surface area (Å²) in [6, 6.07) is 5.43. The van der Waals surface area contributed by atoms with Crippen molar-refractivity contribution in [1.82, 2.24) is 9.97 Å². The van der Waals surface area contributed by atoms with Gasteiger partial charge in [-0.25, -0.2) is 9.97 Å². The summed E-state index contributed by atoms with van der Waals surface area (Å²) in [5.41, 5.74) is 2.90. The number of piperidine rings is 1. The molecule has 2 atom stereocenters. The van der Waals surface area contributed by atoms with Gasteiger partial charge in [0.15, 0.2) is 5.82 Å². The van der Waals surface area contributed by atoms with E-state index in [0.29, 0.717) is 27.4 Å². The highest BCUT2D eigenvalue weighted by Crippen LogP contribution is 2.50. The lowest BCUT2D eigenvalue weighted by atomic mass is 9.71. The molecule has 1 spiro atoms. The van der Waals surface area contributed by atoms with E-state index in [9.17, 15) is 10.2 Å². The van der Waals surface area contributed by atoms with Gasteiger partial charge in [0, 0.05) is 18.7 Å². The van der Waals surface area contributed by atoms with Gasteiger partial charge >= 0.3 is 0 Å². The molecule has 2 aliphatic rings. The van der Waals surface area contributed by atoms with Gasteiger partial charge in [-0.1, -0.05) is 42.3 Å². The number of hydrogen-bond donors (Lipinski definition) is 2. The third-order valence-electron chi connectivity index (χ3n) is 6.85. The van der Waals surface area contributed by atoms with E-state index >= 15 is 0 Å². The Labute approximate surface area is 181 Å². The summed E-state index contributed by atoms with van der Waals surface area (Å²) in [6.07, 6.45) is 3.67. The van der Waals surface area contributed by atoms with Gasteiger partial charge in [0.2, 0.25) is 0 Å². The van der Waals surface area contributed by atoms with Gasteiger partial charge in [0.25, 0.3) is 0 Å². The van der Waals surface area contributed by atoms with E-state index in [1.807, 2.05) is 19.1 Å². The molecule has 2 fully saturated rings. The Morgan fingerprint density at radius 3 is 2.55 bits per heavy atom. The highest BCUT2D eigenvalue weighted by Gasteiger charge is 2.46. The third kappa shape index (κ3) is 3.74. The molecule has 2 aromatic rings. The number of aromatic nitrogens is 2. The minimum atomic E-state index is -0.190. The molecule has 2 N–H and O–H groups in total. The SMILES string of the molecule is Cc1nc(N2CCC3(CC2)C[C@@H](O)C[C@H]3C)c(CO)nc1-c1cccc(Cl)c1Cl. The van der Waals surface area contributed by atoms with Gasteiger partial charge in [-0.15, -0.1) is 0 Å². The van der Waals surface area contributed by atoms with E-state index in [4.69, 9.17) is 33.2 Å². The number of aliphatic hydroxyl groups excluding tert-OH is 2. The van der Waals surface area contributed by atoms with Crippen molar-refractivity contribution in [3.05, 3.63) is 39.6 Å². The van der Waals surface area contributed by atoms with Crippen LogP contribution in [-0.2, 0) is 6.61 Å². The number of aryl methyl sites for hydroxylation is 1. The number of aliphatic hydroxyl groups is 2. The zero-order valence-electron chi connectivity index (χ0n) is 16.8. The molecule has 0 radical (unpaired) electrons. The smallest absolute Gasteiger partial charge is 0.153 e. The maximum atomic E-state index is 10.1. The van der Waals surface area contributed by atoms with E-state index in [1.165, 1.54) is 0 Å². The van der Waals surface area contributed by atoms with Crippen LogP contribution < -0.4 is 4.90 Å². The molecule has 1 aliphatic heterocycles. The first-order chi connectivity index (χ1) is 13.8. The van der Waals surface area contributed by atoms with Crippen LogP contribution in [0.2, 0.25) is 10.0 Å². The van der Waals surface area contributed by atoms with Crippen LogP contribution in [0.15, 0.2) is 18.2 Å². The Morgan fingerprint density at radius 2 is 1.93 bits per heavy atom. The van der Waals surface area contributed by atoms with Crippen molar-refractivity contribution in [2.45, 2.75) is 52.2 Å². The van der Waals surface area contributed by atoms with Crippen LogP contribution in [0, 0.1) is 18.3 Å². The first-order valence-corrected chi connectivity index (χ1v) is 11.0. The normalized spacial score (nSPS) is 23.7. The number of anilines is 1. The van der Waals surface area contributed by atoms with Gasteiger partial charge in [-0.3, -0.25) is 0 Å². The minimum Gasteiger partial charge on any atom is -0.393 e. The second-order valence-electron chi connectivity index (χ2n) is 8.53. The molecule has 1 saturated heterocycles. The van der Waals surface area contributed by atoms with Crippen LogP contribution in [0.3, 0.4) is 0 Å². The molecular weight excluding hydrogens is 409 g/mol. The zero-order valence-corrected chi connectivity index (χ0v) is 18.3. The van der Waals surface area contributed by atoms with Crippen LogP contribution in [0.25, 0.3) is 11.3 Å². The standard InChI is InChI=1S/C22H27Cl2N3O2/c1-13-10-15(29)11-22(13)6-8-27(9-7-22)21-18(12-28)26-20(14(2)25-21)16-4-3-5-17(23)19(16)24/h3-5,13,15,28-29H,6-12H2,1-2H3/t13-,15+/m1/s1. The van der Waals surface area contributed by atoms with Crippen LogP contribution >= 0.6 is 23.2 Å². The zero-order chi connectivity index (χ0) is 20.8. The molecule has 0 amide bonds. The monoisotopic (exact) mass is 435 g/mol. The summed E-state index contributed by atoms with van der Waals surface area (Å²) in [4.78, 5) is 11.8. The average molecular weight is 436 g/mol. The second kappa shape index (κ2) is 8.03. The number of nitrogens with zero attached hydrogens (tertiary/aromatic N) is 3. The van der Waals surface area contributed by atoms with Crippen LogP contribution in [-0.4, -0.2) is 39.4 Å². The lowest BCUT2D eigenvalue weighted by Crippen LogP contribution is -2.42. The van der Waals surface area contributed by atoms with Gasteiger partial charge in [0.05, 0.1) is 34.1 Å². The molecular formula is C22H27Cl2N3O2. The molecule has 0 bridgehead atoms. The first-order valence-electron chi connectivity index (χ1n) is 10.2. The first kappa shape index (κ1) is 20.9. The van der Waals surface area contributed by atoms with Gasteiger partial charge in [-0.2, -0.15) is 0 Å². The van der Waals surface area contributed by atoms with Crippen molar-refractivity contribution >= 4 is 29.0 Å². The summed E-state index contributed by atoms with van der Waals surface area (Å²) >= 11 is 12.6. The quantitative estimate of drug-likeness (QED) is 0.735. The topological polar surface area (TPSA) is 69.5 Å². The van der Waals surface area contributed by atoms with E-state index < -0.39 is 0 Å². The fraction of sp³-hybridized carbons (Fsp3) is 0.545. The van der Waals surface area contributed by atoms with Crippen LogP contribution in [0.4, 0.5) is 5.82 Å². The lowest BCUT2D eigenvalue weighted by molar-refractivity contribution is 0.132. The van der Waals surface area contributed by atoms with Gasteiger partial charge in [-0.05, 0) is 50.0 Å². The Bertz CT molecular complexity index is 913. The predicted octanol–water partition coefficient (Wildman–Crippen LogP) is 4.63. The molecule has 1 aromatic heterocycles. The number of benzene rings is 1. The summed E-state index contributed by atoms with van der Waals surface area (Å²) in [5, 5.41) is 21.0. The number of halogens is 2. The molecule has 5 nitrogen and oxygen atoms in total. The van der Waals surface area contributed by atoms with Crippen molar-refractivity contribution in [2.75, 3.05) is 18.0 Å². The lowest BCUT2D eigenvalue weighted by Gasteiger charge is -2.43. The van der Waals surface area contributed by atoms with Crippen molar-refractivity contribution < 1.29 is 10.2 Å². The van der Waals surface area contributed by atoms with Gasteiger partial charge < -0.3 is 15.1 Å². The maximum Gasteiger partial charge on any atom is 0.153 e. The molecule has 156 valence electrons. The molecule has 2 heterocycles. The fourth-order valence-electron chi connectivity index (χ4n) is 5.12. The molecule has 1 aromatic carbocycles. The average Bonchev–Trinajstić information content (AvgIpc) is 2.97. The van der Waals surface area contributed by atoms with E-state index in [1.54, 1.807) is 6.07 Å². The summed E-state index contributed by atoms with van der Waals surface area (Å²) in [7, 11) is 0. The molecule has 7 heteroatoms. The minimum absolute atomic E-state index is 0.173. The number of hydrogen-bond acceptors (Lipinski definition) is 5. The van der Waals surface area contributed by atoms with Crippen molar-refractivity contribution in [2.24, 2.45) is 11.3 Å². The highest BCUT2D eigenvalue weighted by atomic mass is 35.5. The Hall–Kier alpha value is -1.40. The molecule has 1 aliphatic carbocycles. The largest absolute Gasteiger partial charge is 0.393 e. The van der Waals surface area contributed by atoms with Crippen molar-refractivity contribution in [3.8, 4) is 11.3 Å². The van der Waals surface area contributed by atoms with Crippen LogP contribution in [0.1, 0.15) is 44.0 Å². The molecule has 1 saturated carbocycles. The molecule has 29 heavy (non-hydrogen) atoms.